The molecule has 1 spiro atoms. The van der Waals surface area contributed by atoms with Gasteiger partial charge in [-0.25, -0.2) is 9.57 Å². The van der Waals surface area contributed by atoms with E-state index in [1.54, 1.807) is 25.1 Å². The predicted molar refractivity (Wildman–Crippen MR) is 146 cm³/mol. The Morgan fingerprint density at radius 2 is 2.02 bits per heavy atom. The van der Waals surface area contributed by atoms with Gasteiger partial charge in [0.25, 0.3) is 11.8 Å². The van der Waals surface area contributed by atoms with Crippen molar-refractivity contribution in [2.24, 2.45) is 16.5 Å². The maximum Gasteiger partial charge on any atom is 0.346 e. The Morgan fingerprint density at radius 3 is 2.76 bits per heavy atom. The summed E-state index contributed by atoms with van der Waals surface area (Å²) < 4.78 is 7.40. The Bertz CT molecular complexity index is 1500. The highest BCUT2D eigenvalue weighted by Crippen LogP contribution is 2.43. The Morgan fingerprint density at radius 1 is 1.24 bits per heavy atom. The molecule has 4 atom stereocenters. The molecular formula is C26H35N10O5+. The first-order chi connectivity index (χ1) is 19.3. The van der Waals surface area contributed by atoms with E-state index in [9.17, 15) is 19.8 Å². The first-order valence-electron chi connectivity index (χ1n) is 13.5. The standard InChI is InChI=1S/C26H34N10O5/c1-12-9-15(35-34-12)21(38)29-10-16-19-25(33-22(27)32-19)26(39,40)17(11-36(25)23(28)30-16)31-20(37)13-5-4-6-14-18(13)41-8-7-24(14,2)3/h4-6,9,16-17,19,39-40H,7-8,10-11H2,1-3H3,(H8,27,28,29,30,31,32,33,34,35,37,38)/p+1/t16-,17?,19-,25-/m0/s1. The van der Waals surface area contributed by atoms with Crippen molar-refractivity contribution in [2.45, 2.75) is 62.2 Å². The highest BCUT2D eigenvalue weighted by atomic mass is 16.5. The molecule has 0 saturated carbocycles. The molecular weight excluding hydrogens is 532 g/mol. The summed E-state index contributed by atoms with van der Waals surface area (Å²) >= 11 is 0. The number of aromatic amines is 1. The molecule has 1 fully saturated rings. The number of hydrogen-bond acceptors (Lipinski definition) is 11. The van der Waals surface area contributed by atoms with E-state index in [0.717, 1.165) is 17.7 Å². The molecule has 1 aromatic carbocycles. The number of guanidine groups is 2. The van der Waals surface area contributed by atoms with Crippen molar-refractivity contribution in [1.82, 2.24) is 31.5 Å². The smallest absolute Gasteiger partial charge is 0.346 e. The average Bonchev–Trinajstić information content (AvgIpc) is 3.57. The van der Waals surface area contributed by atoms with E-state index in [2.05, 4.69) is 50.3 Å². The molecule has 1 unspecified atom stereocenters. The van der Waals surface area contributed by atoms with Gasteiger partial charge in [-0.3, -0.25) is 25.7 Å². The molecule has 0 radical (unpaired) electrons. The second kappa shape index (κ2) is 9.07. The number of aryl methyl sites for hydroxylation is 1. The number of hydrogen-bond donors (Lipinski definition) is 9. The van der Waals surface area contributed by atoms with Gasteiger partial charge in [-0.05, 0) is 30.9 Å². The number of carbonyl (C=O) groups is 2. The van der Waals surface area contributed by atoms with Crippen molar-refractivity contribution in [3.63, 3.8) is 0 Å². The third kappa shape index (κ3) is 3.98. The third-order valence-corrected chi connectivity index (χ3v) is 8.56. The fourth-order valence-electron chi connectivity index (χ4n) is 6.34. The topological polar surface area (TPSA) is 228 Å². The van der Waals surface area contributed by atoms with Gasteiger partial charge in [0.15, 0.2) is 5.96 Å². The molecule has 5 heterocycles. The van der Waals surface area contributed by atoms with E-state index in [4.69, 9.17) is 16.2 Å². The summed E-state index contributed by atoms with van der Waals surface area (Å²) in [6.07, 6.45) is 0.807. The lowest BCUT2D eigenvalue weighted by Crippen LogP contribution is -2.79. The number of H-pyrrole nitrogens is 1. The number of nitrogens with zero attached hydrogens (tertiary/aromatic N) is 3. The second-order valence-electron chi connectivity index (χ2n) is 11.7. The van der Waals surface area contributed by atoms with E-state index in [0.29, 0.717) is 17.9 Å². The van der Waals surface area contributed by atoms with Crippen LogP contribution in [0.3, 0.4) is 0 Å². The number of aliphatic hydroxyl groups is 2. The molecule has 6 rings (SSSR count). The lowest BCUT2D eigenvalue weighted by molar-refractivity contribution is -0.623. The van der Waals surface area contributed by atoms with Crippen LogP contribution in [0.1, 0.15) is 52.4 Å². The van der Waals surface area contributed by atoms with Gasteiger partial charge < -0.3 is 36.6 Å². The normalized spacial score (nSPS) is 28.7. The fourth-order valence-corrected chi connectivity index (χ4v) is 6.34. The molecule has 218 valence electrons. The summed E-state index contributed by atoms with van der Waals surface area (Å²) in [5, 5.41) is 41.7. The number of nitrogens with one attached hydrogen (secondary N) is 5. The number of carbonyl (C=O) groups excluding carboxylic acids is 2. The number of nitrogens with two attached hydrogens (primary N) is 2. The van der Waals surface area contributed by atoms with Crippen LogP contribution >= 0.6 is 0 Å². The SMILES string of the molecule is Cc1cc(C(=O)NC[C@@H]2NC(N)=[N+]3CC(NC(=O)c4cccc5c4OCCC5(C)C)C(O)(O)[C@@]34NC(N)=N[C@@H]24)n[nH]1. The average molecular weight is 568 g/mol. The molecule has 2 aromatic rings. The number of benzene rings is 1. The predicted octanol–water partition coefficient (Wildman–Crippen LogP) is -2.72. The number of rotatable bonds is 5. The Labute approximate surface area is 235 Å². The number of fused-ring (bicyclic) bond motifs is 1. The number of aromatic nitrogens is 2. The van der Waals surface area contributed by atoms with Gasteiger partial charge >= 0.3 is 5.96 Å². The van der Waals surface area contributed by atoms with Crippen molar-refractivity contribution < 1.29 is 29.1 Å². The van der Waals surface area contributed by atoms with Crippen molar-refractivity contribution in [2.75, 3.05) is 19.7 Å². The molecule has 0 bridgehead atoms. The maximum atomic E-state index is 13.6. The van der Waals surface area contributed by atoms with Gasteiger partial charge in [-0.2, -0.15) is 5.10 Å². The Hall–Kier alpha value is -4.37. The number of aliphatic imine (C=N–C) groups is 1. The summed E-state index contributed by atoms with van der Waals surface area (Å²) in [6, 6.07) is 4.16. The summed E-state index contributed by atoms with van der Waals surface area (Å²) in [5.74, 6) is -3.01. The third-order valence-electron chi connectivity index (χ3n) is 8.56. The lowest BCUT2D eigenvalue weighted by Gasteiger charge is -2.43. The van der Waals surface area contributed by atoms with Crippen LogP contribution in [0.4, 0.5) is 0 Å². The summed E-state index contributed by atoms with van der Waals surface area (Å²) in [7, 11) is 0. The highest BCUT2D eigenvalue weighted by Gasteiger charge is 2.75. The van der Waals surface area contributed by atoms with E-state index in [1.165, 1.54) is 4.58 Å². The fraction of sp³-hybridized carbons (Fsp3) is 0.500. The first-order valence-corrected chi connectivity index (χ1v) is 13.5. The summed E-state index contributed by atoms with van der Waals surface area (Å²) in [5.41, 5.74) is 12.7. The zero-order valence-corrected chi connectivity index (χ0v) is 23.0. The molecule has 0 aliphatic carbocycles. The minimum absolute atomic E-state index is 0.0144. The number of para-hydroxylation sites is 1. The van der Waals surface area contributed by atoms with Gasteiger partial charge in [0.2, 0.25) is 11.4 Å². The van der Waals surface area contributed by atoms with Crippen LogP contribution in [-0.4, -0.2) is 98.0 Å². The summed E-state index contributed by atoms with van der Waals surface area (Å²) in [6.45, 7) is 6.36. The van der Waals surface area contributed by atoms with Crippen LogP contribution < -0.4 is 37.5 Å². The monoisotopic (exact) mass is 567 g/mol. The van der Waals surface area contributed by atoms with Gasteiger partial charge in [-0.15, -0.1) is 0 Å². The minimum Gasteiger partial charge on any atom is -0.492 e. The van der Waals surface area contributed by atoms with E-state index >= 15 is 0 Å². The molecule has 15 nitrogen and oxygen atoms in total. The van der Waals surface area contributed by atoms with Crippen LogP contribution in [-0.2, 0) is 5.41 Å². The van der Waals surface area contributed by atoms with Crippen molar-refractivity contribution in [3.05, 3.63) is 46.8 Å². The molecule has 2 amide bonds. The number of amides is 2. The summed E-state index contributed by atoms with van der Waals surface area (Å²) in [4.78, 5) is 30.7. The molecule has 1 aromatic heterocycles. The van der Waals surface area contributed by atoms with Crippen molar-refractivity contribution in [1.29, 1.82) is 0 Å². The zero-order chi connectivity index (χ0) is 29.3. The highest BCUT2D eigenvalue weighted by molar-refractivity contribution is 5.98. The quantitative estimate of drug-likeness (QED) is 0.134. The van der Waals surface area contributed by atoms with Crippen LogP contribution in [0.25, 0.3) is 0 Å². The number of ether oxygens (including phenoxy) is 1. The van der Waals surface area contributed by atoms with E-state index in [1.807, 2.05) is 6.07 Å². The van der Waals surface area contributed by atoms with Crippen LogP contribution in [0.15, 0.2) is 29.3 Å². The molecule has 1 saturated heterocycles. The zero-order valence-electron chi connectivity index (χ0n) is 23.0. The van der Waals surface area contributed by atoms with Gasteiger partial charge in [0.05, 0.1) is 25.3 Å². The maximum absolute atomic E-state index is 13.6. The Kier molecular flexibility index (Phi) is 5.94. The first kappa shape index (κ1) is 26.8. The van der Waals surface area contributed by atoms with Gasteiger partial charge in [0.1, 0.15) is 29.6 Å². The van der Waals surface area contributed by atoms with E-state index in [-0.39, 0.29) is 36.1 Å². The second-order valence-corrected chi connectivity index (χ2v) is 11.7. The van der Waals surface area contributed by atoms with Gasteiger partial charge in [0, 0.05) is 11.3 Å². The van der Waals surface area contributed by atoms with Crippen molar-refractivity contribution in [3.8, 4) is 5.75 Å². The van der Waals surface area contributed by atoms with E-state index < -0.39 is 41.4 Å². The van der Waals surface area contributed by atoms with Gasteiger partial charge in [-0.1, -0.05) is 26.0 Å². The molecule has 4 aliphatic rings. The largest absolute Gasteiger partial charge is 0.492 e. The molecule has 15 heteroatoms. The van der Waals surface area contributed by atoms with Crippen LogP contribution in [0, 0.1) is 6.92 Å². The molecule has 11 N–H and O–H groups in total. The van der Waals surface area contributed by atoms with Crippen LogP contribution in [0.2, 0.25) is 0 Å². The minimum atomic E-state index is -2.60. The lowest BCUT2D eigenvalue weighted by atomic mass is 9.79. The van der Waals surface area contributed by atoms with Crippen LogP contribution in [0.5, 0.6) is 5.75 Å². The van der Waals surface area contributed by atoms with Crippen molar-refractivity contribution >= 4 is 23.7 Å². The molecule has 4 aliphatic heterocycles. The Balaban J connectivity index is 1.27. The molecule has 41 heavy (non-hydrogen) atoms.